The van der Waals surface area contributed by atoms with Crippen molar-refractivity contribution in [3.63, 3.8) is 0 Å². The van der Waals surface area contributed by atoms with Crippen molar-refractivity contribution in [1.82, 2.24) is 10.5 Å². The zero-order valence-corrected chi connectivity index (χ0v) is 17.5. The Bertz CT molecular complexity index is 1250. The number of nitrogens with one attached hydrogen (secondary N) is 2. The van der Waals surface area contributed by atoms with Gasteiger partial charge in [-0.05, 0) is 58.7 Å². The molecule has 0 amide bonds. The van der Waals surface area contributed by atoms with Gasteiger partial charge in [0.15, 0.2) is 17.7 Å². The number of aliphatic hydroxyl groups excluding tert-OH is 1. The molecule has 1 unspecified atom stereocenters. The van der Waals surface area contributed by atoms with Gasteiger partial charge in [-0.3, -0.25) is 0 Å². The normalized spacial score (nSPS) is 12.2. The maximum Gasteiger partial charge on any atom is 0.203 e. The van der Waals surface area contributed by atoms with E-state index in [-0.39, 0.29) is 0 Å². The van der Waals surface area contributed by atoms with Gasteiger partial charge in [0.2, 0.25) is 5.75 Å². The molecule has 0 radical (unpaired) electrons. The Morgan fingerprint density at radius 3 is 2.06 bits per heavy atom. The predicted molar refractivity (Wildman–Crippen MR) is 120 cm³/mol. The number of aromatic nitrogens is 1. The van der Waals surface area contributed by atoms with Crippen LogP contribution in [0.25, 0.3) is 27.4 Å². The molecule has 7 heteroatoms. The summed E-state index contributed by atoms with van der Waals surface area (Å²) in [6.07, 6.45) is -1.16. The standard InChI is InChI=1S/C24H24N2O5/c1-13(16-11-21(29-2)23(31-4)22(12-16)30-3)14-5-7-19-17(9-14)18-10-15(24(27)26-28)6-8-20(18)25-19/h5-12,24-28H,1H2,2-4H3. The molecule has 1 heterocycles. The molecule has 1 atom stereocenters. The maximum absolute atomic E-state index is 9.91. The fourth-order valence-electron chi connectivity index (χ4n) is 3.77. The maximum atomic E-state index is 9.91. The van der Waals surface area contributed by atoms with Crippen molar-refractivity contribution >= 4 is 27.4 Å². The molecule has 0 fully saturated rings. The lowest BCUT2D eigenvalue weighted by Crippen LogP contribution is -2.15. The SMILES string of the molecule is C=C(c1cc(OC)c(OC)c(OC)c1)c1ccc2[nH]c3ccc(C(O)NO)cc3c2c1. The Kier molecular flexibility index (Phi) is 5.56. The second kappa shape index (κ2) is 8.31. The van der Waals surface area contributed by atoms with Crippen LogP contribution >= 0.6 is 0 Å². The van der Waals surface area contributed by atoms with Gasteiger partial charge < -0.3 is 29.5 Å². The average molecular weight is 420 g/mol. The fraction of sp³-hybridized carbons (Fsp3) is 0.167. The molecule has 4 N–H and O–H groups in total. The molecule has 0 aliphatic carbocycles. The van der Waals surface area contributed by atoms with Crippen molar-refractivity contribution in [2.75, 3.05) is 21.3 Å². The third-order valence-electron chi connectivity index (χ3n) is 5.42. The third kappa shape index (κ3) is 3.59. The van der Waals surface area contributed by atoms with Gasteiger partial charge in [-0.15, -0.1) is 0 Å². The zero-order chi connectivity index (χ0) is 22.1. The van der Waals surface area contributed by atoms with E-state index in [1.807, 2.05) is 47.9 Å². The van der Waals surface area contributed by atoms with Gasteiger partial charge in [-0.25, -0.2) is 0 Å². The van der Waals surface area contributed by atoms with E-state index in [9.17, 15) is 5.11 Å². The number of rotatable bonds is 7. The van der Waals surface area contributed by atoms with E-state index in [2.05, 4.69) is 11.6 Å². The van der Waals surface area contributed by atoms with Crippen LogP contribution in [-0.4, -0.2) is 36.6 Å². The number of hydrogen-bond acceptors (Lipinski definition) is 6. The molecule has 1 aromatic heterocycles. The van der Waals surface area contributed by atoms with Crippen LogP contribution < -0.4 is 19.7 Å². The van der Waals surface area contributed by atoms with Gasteiger partial charge in [0, 0.05) is 21.8 Å². The Labute approximate surface area is 179 Å². The molecule has 0 aliphatic rings. The number of aromatic amines is 1. The van der Waals surface area contributed by atoms with Crippen molar-refractivity contribution in [3.05, 3.63) is 71.8 Å². The number of fused-ring (bicyclic) bond motifs is 3. The topological polar surface area (TPSA) is 96.0 Å². The van der Waals surface area contributed by atoms with E-state index in [4.69, 9.17) is 19.4 Å². The lowest BCUT2D eigenvalue weighted by molar-refractivity contribution is 0.000779. The molecule has 4 aromatic rings. The minimum absolute atomic E-state index is 0.525. The summed E-state index contributed by atoms with van der Waals surface area (Å²) in [5, 5.41) is 20.9. The first kappa shape index (κ1) is 20.7. The zero-order valence-electron chi connectivity index (χ0n) is 17.5. The van der Waals surface area contributed by atoms with Gasteiger partial charge in [-0.1, -0.05) is 18.7 Å². The van der Waals surface area contributed by atoms with Gasteiger partial charge in [-0.2, -0.15) is 5.48 Å². The van der Waals surface area contributed by atoms with Gasteiger partial charge in [0.25, 0.3) is 0 Å². The van der Waals surface area contributed by atoms with Crippen LogP contribution in [0.3, 0.4) is 0 Å². The smallest absolute Gasteiger partial charge is 0.203 e. The Morgan fingerprint density at radius 2 is 1.48 bits per heavy atom. The highest BCUT2D eigenvalue weighted by Crippen LogP contribution is 2.41. The number of H-pyrrole nitrogens is 1. The van der Waals surface area contributed by atoms with Crippen molar-refractivity contribution in [2.24, 2.45) is 0 Å². The van der Waals surface area contributed by atoms with Crippen molar-refractivity contribution in [3.8, 4) is 17.2 Å². The second-order valence-electron chi connectivity index (χ2n) is 7.11. The van der Waals surface area contributed by atoms with Crippen LogP contribution in [-0.2, 0) is 0 Å². The minimum atomic E-state index is -1.16. The molecular formula is C24H24N2O5. The van der Waals surface area contributed by atoms with Gasteiger partial charge >= 0.3 is 0 Å². The highest BCUT2D eigenvalue weighted by molar-refractivity contribution is 6.08. The lowest BCUT2D eigenvalue weighted by atomic mass is 9.97. The number of hydroxylamine groups is 1. The predicted octanol–water partition coefficient (Wildman–Crippen LogP) is 4.38. The minimum Gasteiger partial charge on any atom is -0.493 e. The summed E-state index contributed by atoms with van der Waals surface area (Å²) in [6, 6.07) is 15.2. The summed E-state index contributed by atoms with van der Waals surface area (Å²) in [7, 11) is 4.72. The summed E-state index contributed by atoms with van der Waals surface area (Å²) in [4.78, 5) is 3.37. The molecule has 31 heavy (non-hydrogen) atoms. The highest BCUT2D eigenvalue weighted by atomic mass is 16.5. The van der Waals surface area contributed by atoms with Crippen LogP contribution in [0, 0.1) is 0 Å². The highest BCUT2D eigenvalue weighted by Gasteiger charge is 2.16. The van der Waals surface area contributed by atoms with E-state index < -0.39 is 6.23 Å². The average Bonchev–Trinajstić information content (AvgIpc) is 3.18. The molecule has 0 saturated heterocycles. The molecular weight excluding hydrogens is 396 g/mol. The monoisotopic (exact) mass is 420 g/mol. The first-order chi connectivity index (χ1) is 15.0. The molecule has 7 nitrogen and oxygen atoms in total. The molecule has 160 valence electrons. The van der Waals surface area contributed by atoms with Crippen LogP contribution in [0.5, 0.6) is 17.2 Å². The van der Waals surface area contributed by atoms with Crippen LogP contribution in [0.15, 0.2) is 55.1 Å². The van der Waals surface area contributed by atoms with E-state index >= 15 is 0 Å². The third-order valence-corrected chi connectivity index (χ3v) is 5.42. The van der Waals surface area contributed by atoms with Crippen molar-refractivity contribution in [1.29, 1.82) is 0 Å². The molecule has 4 rings (SSSR count). The van der Waals surface area contributed by atoms with Crippen molar-refractivity contribution < 1.29 is 24.5 Å². The summed E-state index contributed by atoms with van der Waals surface area (Å²) in [6.45, 7) is 4.29. The Morgan fingerprint density at radius 1 is 0.871 bits per heavy atom. The van der Waals surface area contributed by atoms with E-state index in [1.165, 1.54) is 0 Å². The first-order valence-electron chi connectivity index (χ1n) is 9.63. The molecule has 0 aliphatic heterocycles. The molecule has 0 saturated carbocycles. The first-order valence-corrected chi connectivity index (χ1v) is 9.63. The van der Waals surface area contributed by atoms with Gasteiger partial charge in [0.1, 0.15) is 0 Å². The Balaban J connectivity index is 1.82. The van der Waals surface area contributed by atoms with Gasteiger partial charge in [0.05, 0.1) is 21.3 Å². The summed E-state index contributed by atoms with van der Waals surface area (Å²) in [5.41, 5.74) is 6.88. The Hall–Kier alpha value is -3.52. The molecule has 0 bridgehead atoms. The summed E-state index contributed by atoms with van der Waals surface area (Å²) >= 11 is 0. The summed E-state index contributed by atoms with van der Waals surface area (Å²) < 4.78 is 16.3. The number of benzene rings is 3. The summed E-state index contributed by atoms with van der Waals surface area (Å²) in [5.74, 6) is 1.64. The lowest BCUT2D eigenvalue weighted by Gasteiger charge is -2.15. The number of ether oxygens (including phenoxy) is 3. The van der Waals surface area contributed by atoms with Crippen LogP contribution in [0.2, 0.25) is 0 Å². The fourth-order valence-corrected chi connectivity index (χ4v) is 3.77. The number of aliphatic hydroxyl groups is 1. The number of hydrogen-bond donors (Lipinski definition) is 4. The second-order valence-corrected chi connectivity index (χ2v) is 7.11. The largest absolute Gasteiger partial charge is 0.493 e. The molecule has 0 spiro atoms. The van der Waals surface area contributed by atoms with Crippen molar-refractivity contribution in [2.45, 2.75) is 6.23 Å². The molecule has 3 aromatic carbocycles. The van der Waals surface area contributed by atoms with Crippen LogP contribution in [0.4, 0.5) is 0 Å². The van der Waals surface area contributed by atoms with E-state index in [0.29, 0.717) is 22.8 Å². The number of methoxy groups -OCH3 is 3. The van der Waals surface area contributed by atoms with E-state index in [0.717, 1.165) is 38.5 Å². The van der Waals surface area contributed by atoms with Crippen LogP contribution in [0.1, 0.15) is 22.9 Å². The quantitative estimate of drug-likeness (QED) is 0.262. The van der Waals surface area contributed by atoms with E-state index in [1.54, 1.807) is 27.4 Å².